The summed E-state index contributed by atoms with van der Waals surface area (Å²) in [4.78, 5) is 49.3. The molecule has 176 valence electrons. The van der Waals surface area contributed by atoms with Crippen molar-refractivity contribution in [3.8, 4) is 11.8 Å². The van der Waals surface area contributed by atoms with Crippen LogP contribution in [0.2, 0.25) is 0 Å². The van der Waals surface area contributed by atoms with Crippen LogP contribution in [0.4, 0.5) is 4.79 Å². The number of rotatable bonds is 6. The monoisotopic (exact) mass is 453 g/mol. The largest absolute Gasteiger partial charge is 0.452 e. The molecule has 0 radical (unpaired) electrons. The number of nitrogens with one attached hydrogen (secondary N) is 2. The number of aliphatic hydroxyl groups excluding tert-OH is 2. The van der Waals surface area contributed by atoms with Crippen molar-refractivity contribution in [2.75, 3.05) is 19.8 Å². The van der Waals surface area contributed by atoms with Crippen LogP contribution in [0.25, 0.3) is 0 Å². The molecule has 12 heteroatoms. The quantitative estimate of drug-likeness (QED) is 0.311. The topological polar surface area (TPSA) is 169 Å². The van der Waals surface area contributed by atoms with E-state index in [0.29, 0.717) is 0 Å². The summed E-state index contributed by atoms with van der Waals surface area (Å²) in [5, 5.41) is 21.4. The maximum atomic E-state index is 12.1. The Morgan fingerprint density at radius 2 is 2.09 bits per heavy atom. The number of ether oxygens (including phenoxy) is 3. The van der Waals surface area contributed by atoms with Crippen LogP contribution in [0.3, 0.4) is 0 Å². The van der Waals surface area contributed by atoms with Crippen LogP contribution in [0, 0.1) is 11.8 Å². The summed E-state index contributed by atoms with van der Waals surface area (Å²) in [6, 6.07) is 0. The molecule has 1 aromatic rings. The van der Waals surface area contributed by atoms with Crippen molar-refractivity contribution in [3.63, 3.8) is 0 Å². The van der Waals surface area contributed by atoms with Gasteiger partial charge in [0.2, 0.25) is 0 Å². The van der Waals surface area contributed by atoms with Crippen LogP contribution in [0.15, 0.2) is 15.8 Å². The molecule has 0 aromatic carbocycles. The molecule has 0 bridgehead atoms. The van der Waals surface area contributed by atoms with Gasteiger partial charge in [-0.15, -0.1) is 0 Å². The number of aliphatic hydroxyl groups is 2. The van der Waals surface area contributed by atoms with Crippen molar-refractivity contribution in [3.05, 3.63) is 32.6 Å². The number of esters is 1. The first-order valence-electron chi connectivity index (χ1n) is 9.91. The first-order chi connectivity index (χ1) is 15.0. The lowest BCUT2D eigenvalue weighted by molar-refractivity contribution is -0.142. The zero-order valence-electron chi connectivity index (χ0n) is 18.0. The highest BCUT2D eigenvalue weighted by atomic mass is 16.6. The van der Waals surface area contributed by atoms with Gasteiger partial charge >= 0.3 is 17.8 Å². The fourth-order valence-corrected chi connectivity index (χ4v) is 2.74. The van der Waals surface area contributed by atoms with Gasteiger partial charge in [-0.25, -0.2) is 9.59 Å². The number of hydrogen-bond donors (Lipinski definition) is 4. The van der Waals surface area contributed by atoms with Crippen molar-refractivity contribution in [2.45, 2.75) is 57.6 Å². The first kappa shape index (κ1) is 25.1. The first-order valence-corrected chi connectivity index (χ1v) is 9.91. The lowest BCUT2D eigenvalue weighted by atomic mass is 10.2. The summed E-state index contributed by atoms with van der Waals surface area (Å²) in [7, 11) is 0. The summed E-state index contributed by atoms with van der Waals surface area (Å²) in [6.07, 6.45) is -2.18. The Morgan fingerprint density at radius 1 is 1.38 bits per heavy atom. The van der Waals surface area contributed by atoms with Gasteiger partial charge in [0.15, 0.2) is 6.61 Å². The molecule has 0 spiro atoms. The molecule has 32 heavy (non-hydrogen) atoms. The Balaban J connectivity index is 1.88. The van der Waals surface area contributed by atoms with E-state index in [1.165, 1.54) is 6.20 Å². The Hall–Kier alpha value is -3.14. The summed E-state index contributed by atoms with van der Waals surface area (Å²) in [6.45, 7) is 4.44. The van der Waals surface area contributed by atoms with Crippen LogP contribution in [-0.4, -0.2) is 69.4 Å². The van der Waals surface area contributed by atoms with E-state index in [1.54, 1.807) is 20.8 Å². The molecule has 1 aliphatic heterocycles. The molecule has 12 nitrogen and oxygen atoms in total. The average Bonchev–Trinajstić information content (AvgIpc) is 3.05. The molecule has 1 fully saturated rings. The fourth-order valence-electron chi connectivity index (χ4n) is 2.74. The Morgan fingerprint density at radius 3 is 2.72 bits per heavy atom. The minimum Gasteiger partial charge on any atom is -0.452 e. The van der Waals surface area contributed by atoms with E-state index < -0.39 is 54.0 Å². The average molecular weight is 453 g/mol. The molecule has 3 atom stereocenters. The molecule has 1 amide bonds. The summed E-state index contributed by atoms with van der Waals surface area (Å²) >= 11 is 0. The Bertz CT molecular complexity index is 997. The fraction of sp³-hybridized carbons (Fsp3) is 0.600. The molecule has 0 aliphatic carbocycles. The highest BCUT2D eigenvalue weighted by molar-refractivity contribution is 5.72. The lowest BCUT2D eigenvalue weighted by Gasteiger charge is -2.19. The van der Waals surface area contributed by atoms with Crippen molar-refractivity contribution >= 4 is 12.1 Å². The van der Waals surface area contributed by atoms with Gasteiger partial charge in [0.05, 0.1) is 19.1 Å². The second-order valence-corrected chi connectivity index (χ2v) is 7.97. The number of hydrogen-bond acceptors (Lipinski definition) is 9. The second kappa shape index (κ2) is 10.9. The third-order valence-corrected chi connectivity index (χ3v) is 4.19. The summed E-state index contributed by atoms with van der Waals surface area (Å²) in [5.74, 6) is 4.39. The number of carbonyl (C=O) groups is 2. The highest BCUT2D eigenvalue weighted by Crippen LogP contribution is 2.27. The van der Waals surface area contributed by atoms with Gasteiger partial charge in [0, 0.05) is 19.2 Å². The number of carbonyl (C=O) groups excluding carboxylic acids is 2. The van der Waals surface area contributed by atoms with E-state index in [1.807, 2.05) is 0 Å². The number of aromatic amines is 1. The van der Waals surface area contributed by atoms with Crippen molar-refractivity contribution in [1.29, 1.82) is 0 Å². The Kier molecular flexibility index (Phi) is 8.59. The van der Waals surface area contributed by atoms with Crippen LogP contribution in [-0.2, 0) is 19.0 Å². The maximum Gasteiger partial charge on any atom is 0.407 e. The predicted octanol–water partition coefficient (Wildman–Crippen LogP) is -1.01. The second-order valence-electron chi connectivity index (χ2n) is 7.97. The number of H-pyrrole nitrogens is 1. The van der Waals surface area contributed by atoms with E-state index in [9.17, 15) is 24.3 Å². The van der Waals surface area contributed by atoms with Gasteiger partial charge < -0.3 is 29.7 Å². The predicted molar refractivity (Wildman–Crippen MR) is 110 cm³/mol. The molecule has 1 aromatic heterocycles. The number of alkyl carbamates (subject to hydrolysis) is 1. The minimum absolute atomic E-state index is 0.0217. The summed E-state index contributed by atoms with van der Waals surface area (Å²) < 4.78 is 16.4. The van der Waals surface area contributed by atoms with Crippen LogP contribution < -0.4 is 16.6 Å². The number of amides is 1. The number of aromatic nitrogens is 2. The van der Waals surface area contributed by atoms with Gasteiger partial charge in [-0.2, -0.15) is 0 Å². The summed E-state index contributed by atoms with van der Waals surface area (Å²) in [5.41, 5.74) is -2.20. The lowest BCUT2D eigenvalue weighted by Crippen LogP contribution is -2.33. The van der Waals surface area contributed by atoms with Gasteiger partial charge in [0.1, 0.15) is 23.5 Å². The molecule has 2 rings (SSSR count). The zero-order chi connectivity index (χ0) is 23.9. The van der Waals surface area contributed by atoms with E-state index in [2.05, 4.69) is 22.1 Å². The molecule has 3 unspecified atom stereocenters. The van der Waals surface area contributed by atoms with E-state index in [4.69, 9.17) is 19.3 Å². The molecule has 2 heterocycles. The SMILES string of the molecule is CC(C)(C)OC(=O)NCCC(=O)OCC#Cc1cn(C2CC(O)C(CO)O2)c(=O)[nH]c1=O. The normalized spacial score (nSPS) is 20.2. The molecule has 4 N–H and O–H groups in total. The molecule has 1 saturated heterocycles. The molecule has 0 saturated carbocycles. The molecule has 1 aliphatic rings. The smallest absolute Gasteiger partial charge is 0.407 e. The van der Waals surface area contributed by atoms with Gasteiger partial charge in [-0.05, 0) is 20.8 Å². The maximum absolute atomic E-state index is 12.1. The van der Waals surface area contributed by atoms with Crippen molar-refractivity contribution in [1.82, 2.24) is 14.9 Å². The van der Waals surface area contributed by atoms with Gasteiger partial charge in [-0.3, -0.25) is 19.1 Å². The van der Waals surface area contributed by atoms with E-state index >= 15 is 0 Å². The minimum atomic E-state index is -0.956. The molecular formula is C20H27N3O9. The Labute approximate surface area is 183 Å². The van der Waals surface area contributed by atoms with Crippen molar-refractivity contribution < 1.29 is 34.0 Å². The third kappa shape index (κ3) is 7.52. The van der Waals surface area contributed by atoms with Crippen LogP contribution in [0.5, 0.6) is 0 Å². The van der Waals surface area contributed by atoms with E-state index in [0.717, 1.165) is 4.57 Å². The number of nitrogens with zero attached hydrogens (tertiary/aromatic N) is 1. The van der Waals surface area contributed by atoms with E-state index in [-0.39, 0.29) is 31.6 Å². The van der Waals surface area contributed by atoms with Gasteiger partial charge in [0.25, 0.3) is 5.56 Å². The standard InChI is InChI=1S/C20H27N3O9/c1-20(2,3)32-19(29)21-7-6-16(26)30-8-4-5-12-10-23(18(28)22-17(12)27)15-9-13(25)14(11-24)31-15/h10,13-15,24-25H,6-9,11H2,1-3H3,(H,21,29)(H,22,27,28). The van der Waals surface area contributed by atoms with Crippen LogP contribution in [0.1, 0.15) is 45.4 Å². The van der Waals surface area contributed by atoms with Crippen molar-refractivity contribution in [2.24, 2.45) is 0 Å². The highest BCUT2D eigenvalue weighted by Gasteiger charge is 2.35. The zero-order valence-corrected chi connectivity index (χ0v) is 18.0. The molecular weight excluding hydrogens is 426 g/mol. The van der Waals surface area contributed by atoms with Gasteiger partial charge in [-0.1, -0.05) is 11.8 Å². The van der Waals surface area contributed by atoms with Crippen LogP contribution >= 0.6 is 0 Å². The third-order valence-electron chi connectivity index (χ3n) is 4.19.